The number of nitrogens with zero attached hydrogens (tertiary/aromatic N) is 1. The Morgan fingerprint density at radius 3 is 2.20 bits per heavy atom. The maximum atomic E-state index is 13.2. The zero-order chi connectivity index (χ0) is 22.7. The number of anilines is 1. The van der Waals surface area contributed by atoms with Gasteiger partial charge in [-0.05, 0) is 50.1 Å². The molecule has 2 rings (SSSR count). The van der Waals surface area contributed by atoms with Crippen molar-refractivity contribution in [3.05, 3.63) is 59.7 Å². The van der Waals surface area contributed by atoms with Gasteiger partial charge in [-0.25, -0.2) is 8.42 Å². The lowest BCUT2D eigenvalue weighted by Gasteiger charge is -2.26. The monoisotopic (exact) mass is 442 g/mol. The second-order valence-corrected chi connectivity index (χ2v) is 9.34. The molecule has 0 bridgehead atoms. The number of carbonyl (C=O) groups excluding carboxylic acids is 1. The van der Waals surface area contributed by atoms with Crippen molar-refractivity contribution < 1.29 is 26.4 Å². The van der Waals surface area contributed by atoms with Gasteiger partial charge in [0.2, 0.25) is 5.91 Å². The van der Waals surface area contributed by atoms with E-state index in [0.717, 1.165) is 23.8 Å². The first-order chi connectivity index (χ1) is 13.8. The average molecular weight is 443 g/mol. The van der Waals surface area contributed by atoms with Gasteiger partial charge in [0.15, 0.2) is 0 Å². The number of amides is 1. The Bertz CT molecular complexity index is 987. The van der Waals surface area contributed by atoms with Crippen LogP contribution in [0.3, 0.4) is 0 Å². The lowest BCUT2D eigenvalue weighted by Crippen LogP contribution is -2.45. The Balaban J connectivity index is 2.50. The highest BCUT2D eigenvalue weighted by Gasteiger charge is 2.33. The second-order valence-electron chi connectivity index (χ2n) is 7.47. The van der Waals surface area contributed by atoms with E-state index in [1.807, 2.05) is 13.8 Å². The summed E-state index contributed by atoms with van der Waals surface area (Å²) in [5.41, 5.74) is -0.416. The highest BCUT2D eigenvalue weighted by molar-refractivity contribution is 7.92. The van der Waals surface area contributed by atoms with E-state index in [-0.39, 0.29) is 22.5 Å². The van der Waals surface area contributed by atoms with Crippen molar-refractivity contribution in [1.82, 2.24) is 5.32 Å². The molecular formula is C21H25F3N2O3S. The standard InChI is InChI=1S/C21H25F3N2O3S/c1-14(2)16(4)25-20(27)13-26(18-7-5-6-17(12-18)21(22,23)24)30(28,29)19-10-8-15(3)9-11-19/h5-12,14,16H,13H2,1-4H3,(H,25,27)/t16-/m1/s1. The third-order valence-corrected chi connectivity index (χ3v) is 6.53. The van der Waals surface area contributed by atoms with Crippen molar-refractivity contribution in [2.45, 2.75) is 44.8 Å². The maximum absolute atomic E-state index is 13.2. The van der Waals surface area contributed by atoms with Crippen molar-refractivity contribution in [2.24, 2.45) is 5.92 Å². The molecule has 1 amide bonds. The third kappa shape index (κ3) is 5.75. The molecule has 0 unspecified atom stereocenters. The zero-order valence-corrected chi connectivity index (χ0v) is 18.0. The number of benzene rings is 2. The SMILES string of the molecule is Cc1ccc(S(=O)(=O)N(CC(=O)N[C@H](C)C(C)C)c2cccc(C(F)(F)F)c2)cc1. The van der Waals surface area contributed by atoms with E-state index in [1.54, 1.807) is 26.0 Å². The smallest absolute Gasteiger partial charge is 0.352 e. The van der Waals surface area contributed by atoms with Crippen molar-refractivity contribution in [3.8, 4) is 0 Å². The lowest BCUT2D eigenvalue weighted by molar-refractivity contribution is -0.137. The molecule has 0 fully saturated rings. The number of halogens is 3. The number of hydrogen-bond donors (Lipinski definition) is 1. The van der Waals surface area contributed by atoms with Crippen LogP contribution in [-0.2, 0) is 21.0 Å². The van der Waals surface area contributed by atoms with Crippen LogP contribution in [0.4, 0.5) is 18.9 Å². The van der Waals surface area contributed by atoms with E-state index in [9.17, 15) is 26.4 Å². The van der Waals surface area contributed by atoms with Gasteiger partial charge in [0.05, 0.1) is 16.1 Å². The molecule has 2 aromatic rings. The normalized spacial score (nSPS) is 13.2. The molecule has 0 saturated heterocycles. The minimum Gasteiger partial charge on any atom is -0.352 e. The van der Waals surface area contributed by atoms with Crippen LogP contribution in [0.1, 0.15) is 31.9 Å². The number of hydrogen-bond acceptors (Lipinski definition) is 3. The van der Waals surface area contributed by atoms with Crippen LogP contribution in [-0.4, -0.2) is 26.9 Å². The first kappa shape index (κ1) is 23.7. The van der Waals surface area contributed by atoms with E-state index >= 15 is 0 Å². The number of sulfonamides is 1. The maximum Gasteiger partial charge on any atom is 0.416 e. The third-order valence-electron chi connectivity index (χ3n) is 4.75. The minimum atomic E-state index is -4.65. The van der Waals surface area contributed by atoms with Crippen LogP contribution in [0.25, 0.3) is 0 Å². The van der Waals surface area contributed by atoms with Crippen molar-refractivity contribution in [1.29, 1.82) is 0 Å². The van der Waals surface area contributed by atoms with Crippen LogP contribution in [0.2, 0.25) is 0 Å². The number of nitrogens with one attached hydrogen (secondary N) is 1. The topological polar surface area (TPSA) is 66.5 Å². The van der Waals surface area contributed by atoms with E-state index in [4.69, 9.17) is 0 Å². The number of rotatable bonds is 7. The highest BCUT2D eigenvalue weighted by atomic mass is 32.2. The van der Waals surface area contributed by atoms with Crippen LogP contribution < -0.4 is 9.62 Å². The number of alkyl halides is 3. The summed E-state index contributed by atoms with van der Waals surface area (Å²) in [7, 11) is -4.28. The largest absolute Gasteiger partial charge is 0.416 e. The highest BCUT2D eigenvalue weighted by Crippen LogP contribution is 2.33. The average Bonchev–Trinajstić information content (AvgIpc) is 2.65. The molecular weight excluding hydrogens is 417 g/mol. The van der Waals surface area contributed by atoms with Gasteiger partial charge in [0.25, 0.3) is 10.0 Å². The Morgan fingerprint density at radius 2 is 1.67 bits per heavy atom. The predicted molar refractivity (Wildman–Crippen MR) is 110 cm³/mol. The summed E-state index contributed by atoms with van der Waals surface area (Å²) in [5, 5.41) is 2.69. The molecule has 0 radical (unpaired) electrons. The molecule has 0 aliphatic rings. The van der Waals surface area contributed by atoms with Gasteiger partial charge in [0, 0.05) is 6.04 Å². The van der Waals surface area contributed by atoms with Gasteiger partial charge >= 0.3 is 6.18 Å². The van der Waals surface area contributed by atoms with E-state index in [1.165, 1.54) is 18.2 Å². The molecule has 30 heavy (non-hydrogen) atoms. The first-order valence-electron chi connectivity index (χ1n) is 9.38. The number of carbonyl (C=O) groups is 1. The fraction of sp³-hybridized carbons (Fsp3) is 0.381. The summed E-state index contributed by atoms with van der Waals surface area (Å²) in [4.78, 5) is 12.4. The molecule has 2 aromatic carbocycles. The second kappa shape index (κ2) is 9.07. The van der Waals surface area contributed by atoms with Crippen molar-refractivity contribution in [3.63, 3.8) is 0 Å². The summed E-state index contributed by atoms with van der Waals surface area (Å²) in [6.07, 6.45) is -4.65. The van der Waals surface area contributed by atoms with Gasteiger partial charge in [0.1, 0.15) is 6.54 Å². The molecule has 0 heterocycles. The van der Waals surface area contributed by atoms with Crippen LogP contribution in [0, 0.1) is 12.8 Å². The fourth-order valence-electron chi connectivity index (χ4n) is 2.59. The predicted octanol–water partition coefficient (Wildman–Crippen LogP) is 4.37. The Morgan fingerprint density at radius 1 is 1.07 bits per heavy atom. The minimum absolute atomic E-state index is 0.102. The molecule has 0 aliphatic heterocycles. The molecule has 1 N–H and O–H groups in total. The van der Waals surface area contributed by atoms with E-state index in [0.29, 0.717) is 4.31 Å². The Hall–Kier alpha value is -2.55. The van der Waals surface area contributed by atoms with Gasteiger partial charge in [-0.15, -0.1) is 0 Å². The summed E-state index contributed by atoms with van der Waals surface area (Å²) in [5.74, 6) is -0.506. The Labute approximate surface area is 175 Å². The molecule has 164 valence electrons. The number of aryl methyl sites for hydroxylation is 1. The van der Waals surface area contributed by atoms with Gasteiger partial charge in [-0.1, -0.05) is 37.6 Å². The first-order valence-corrected chi connectivity index (χ1v) is 10.8. The summed E-state index contributed by atoms with van der Waals surface area (Å²) >= 11 is 0. The van der Waals surface area contributed by atoms with Crippen LogP contribution in [0.15, 0.2) is 53.4 Å². The molecule has 0 aliphatic carbocycles. The van der Waals surface area contributed by atoms with Gasteiger partial charge in [-0.2, -0.15) is 13.2 Å². The van der Waals surface area contributed by atoms with Gasteiger partial charge in [-0.3, -0.25) is 9.10 Å². The van der Waals surface area contributed by atoms with Crippen LogP contribution in [0.5, 0.6) is 0 Å². The van der Waals surface area contributed by atoms with Gasteiger partial charge < -0.3 is 5.32 Å². The summed E-state index contributed by atoms with van der Waals surface area (Å²) in [6, 6.07) is 9.58. The molecule has 9 heteroatoms. The van der Waals surface area contributed by atoms with Crippen LogP contribution >= 0.6 is 0 Å². The molecule has 0 aromatic heterocycles. The zero-order valence-electron chi connectivity index (χ0n) is 17.2. The quantitative estimate of drug-likeness (QED) is 0.693. The molecule has 0 saturated carbocycles. The lowest BCUT2D eigenvalue weighted by atomic mass is 10.1. The van der Waals surface area contributed by atoms with Crippen molar-refractivity contribution >= 4 is 21.6 Å². The summed E-state index contributed by atoms with van der Waals surface area (Å²) in [6.45, 7) is 6.68. The van der Waals surface area contributed by atoms with E-state index < -0.39 is 34.2 Å². The van der Waals surface area contributed by atoms with Crippen molar-refractivity contribution in [2.75, 3.05) is 10.8 Å². The Kier molecular flexibility index (Phi) is 7.18. The molecule has 1 atom stereocenters. The summed E-state index contributed by atoms with van der Waals surface area (Å²) < 4.78 is 66.7. The molecule has 5 nitrogen and oxygen atoms in total. The molecule has 0 spiro atoms. The van der Waals surface area contributed by atoms with E-state index in [2.05, 4.69) is 5.32 Å². The fourth-order valence-corrected chi connectivity index (χ4v) is 4.00.